The molecule has 0 unspecified atom stereocenters. The number of benzene rings is 1. The minimum Gasteiger partial charge on any atom is -0.370 e. The molecule has 1 saturated heterocycles. The molecule has 9 nitrogen and oxygen atoms in total. The number of amides is 2. The molecule has 28 heavy (non-hydrogen) atoms. The van der Waals surface area contributed by atoms with E-state index in [1.54, 1.807) is 17.0 Å². The monoisotopic (exact) mass is 389 g/mol. The Kier molecular flexibility index (Phi) is 7.77. The van der Waals surface area contributed by atoms with Gasteiger partial charge in [0.25, 0.3) is 5.91 Å². The van der Waals surface area contributed by atoms with Crippen LogP contribution < -0.4 is 28.3 Å². The fraction of sp³-hybridized carbons (Fsp3) is 0.526. The SMILES string of the molecule is Cc1ccc(C(=O)N[C@@H](CCCN=C(N)N)C(=O)N2C[C@H](N)C[C@H](N)C2)cc1. The third-order valence-corrected chi connectivity index (χ3v) is 4.69. The van der Waals surface area contributed by atoms with Gasteiger partial charge in [-0.1, -0.05) is 17.7 Å². The number of hydrogen-bond donors (Lipinski definition) is 5. The summed E-state index contributed by atoms with van der Waals surface area (Å²) in [4.78, 5) is 31.3. The minimum atomic E-state index is -0.694. The molecular formula is C19H31N7O2. The Labute approximate surface area is 165 Å². The van der Waals surface area contributed by atoms with Crippen LogP contribution in [-0.2, 0) is 4.79 Å². The summed E-state index contributed by atoms with van der Waals surface area (Å²) in [6, 6.07) is 6.16. The Bertz CT molecular complexity index is 691. The van der Waals surface area contributed by atoms with E-state index < -0.39 is 6.04 Å². The molecule has 0 aromatic heterocycles. The number of nitrogens with two attached hydrogens (primary N) is 4. The smallest absolute Gasteiger partial charge is 0.251 e. The molecule has 0 radical (unpaired) electrons. The standard InChI is InChI=1S/C19H31N7O2/c1-12-4-6-13(7-5-12)17(27)25-16(3-2-8-24-19(22)23)18(28)26-10-14(20)9-15(21)11-26/h4-7,14-16H,2-3,8-11,20-21H2,1H3,(H,25,27)(H4,22,23,24)/t14-,15+,16-/m0/s1. The number of hydrogen-bond acceptors (Lipinski definition) is 5. The molecule has 0 bridgehead atoms. The van der Waals surface area contributed by atoms with Crippen molar-refractivity contribution in [3.63, 3.8) is 0 Å². The van der Waals surface area contributed by atoms with Crippen LogP contribution in [-0.4, -0.2) is 60.4 Å². The van der Waals surface area contributed by atoms with Crippen molar-refractivity contribution in [1.82, 2.24) is 10.2 Å². The lowest BCUT2D eigenvalue weighted by atomic mass is 10.0. The predicted molar refractivity (Wildman–Crippen MR) is 109 cm³/mol. The molecule has 1 aromatic carbocycles. The molecule has 1 aliphatic heterocycles. The number of piperidine rings is 1. The first-order valence-electron chi connectivity index (χ1n) is 9.49. The quantitative estimate of drug-likeness (QED) is 0.229. The van der Waals surface area contributed by atoms with Crippen LogP contribution >= 0.6 is 0 Å². The van der Waals surface area contributed by atoms with Gasteiger partial charge in [0.1, 0.15) is 6.04 Å². The summed E-state index contributed by atoms with van der Waals surface area (Å²) in [7, 11) is 0. The molecule has 9 heteroatoms. The summed E-state index contributed by atoms with van der Waals surface area (Å²) in [5.41, 5.74) is 24.3. The summed E-state index contributed by atoms with van der Waals surface area (Å²) in [6.45, 7) is 3.18. The molecule has 2 rings (SSSR count). The highest BCUT2D eigenvalue weighted by Crippen LogP contribution is 2.12. The number of carbonyl (C=O) groups excluding carboxylic acids is 2. The van der Waals surface area contributed by atoms with Gasteiger partial charge >= 0.3 is 0 Å². The second kappa shape index (κ2) is 10.0. The number of rotatable bonds is 7. The molecule has 9 N–H and O–H groups in total. The third-order valence-electron chi connectivity index (χ3n) is 4.69. The van der Waals surface area contributed by atoms with Crippen molar-refractivity contribution in [3.05, 3.63) is 35.4 Å². The Balaban J connectivity index is 2.08. The Morgan fingerprint density at radius 3 is 2.36 bits per heavy atom. The van der Waals surface area contributed by atoms with E-state index in [0.717, 1.165) is 5.56 Å². The topological polar surface area (TPSA) is 166 Å². The van der Waals surface area contributed by atoms with Crippen LogP contribution in [0.15, 0.2) is 29.3 Å². The van der Waals surface area contributed by atoms with Crippen LogP contribution in [0.2, 0.25) is 0 Å². The van der Waals surface area contributed by atoms with Gasteiger partial charge in [-0.25, -0.2) is 0 Å². The summed E-state index contributed by atoms with van der Waals surface area (Å²) >= 11 is 0. The average molecular weight is 390 g/mol. The molecule has 1 aromatic rings. The van der Waals surface area contributed by atoms with E-state index in [9.17, 15) is 9.59 Å². The molecule has 154 valence electrons. The summed E-state index contributed by atoms with van der Waals surface area (Å²) in [5.74, 6) is -0.485. The Hall–Kier alpha value is -2.65. The Morgan fingerprint density at radius 2 is 1.79 bits per heavy atom. The summed E-state index contributed by atoms with van der Waals surface area (Å²) in [6.07, 6.45) is 1.64. The van der Waals surface area contributed by atoms with E-state index in [1.807, 2.05) is 19.1 Å². The van der Waals surface area contributed by atoms with E-state index in [0.29, 0.717) is 44.5 Å². The molecule has 0 aliphatic carbocycles. The van der Waals surface area contributed by atoms with E-state index in [4.69, 9.17) is 22.9 Å². The first-order chi connectivity index (χ1) is 13.3. The summed E-state index contributed by atoms with van der Waals surface area (Å²) < 4.78 is 0. The lowest BCUT2D eigenvalue weighted by molar-refractivity contribution is -0.135. The first kappa shape index (κ1) is 21.6. The molecule has 1 heterocycles. The molecular weight excluding hydrogens is 358 g/mol. The predicted octanol–water partition coefficient (Wildman–Crippen LogP) is -0.966. The fourth-order valence-electron chi connectivity index (χ4n) is 3.29. The van der Waals surface area contributed by atoms with E-state index in [1.165, 1.54) is 0 Å². The number of nitrogens with zero attached hydrogens (tertiary/aromatic N) is 2. The molecule has 3 atom stereocenters. The van der Waals surface area contributed by atoms with Gasteiger partial charge in [0, 0.05) is 37.3 Å². The van der Waals surface area contributed by atoms with Crippen molar-refractivity contribution in [2.24, 2.45) is 27.9 Å². The highest BCUT2D eigenvalue weighted by atomic mass is 16.2. The largest absolute Gasteiger partial charge is 0.370 e. The lowest BCUT2D eigenvalue weighted by Gasteiger charge is -2.36. The van der Waals surface area contributed by atoms with Gasteiger partial charge in [0.2, 0.25) is 5.91 Å². The van der Waals surface area contributed by atoms with Crippen LogP contribution in [0.1, 0.15) is 35.2 Å². The second-order valence-corrected chi connectivity index (χ2v) is 7.34. The van der Waals surface area contributed by atoms with E-state index in [2.05, 4.69) is 10.3 Å². The minimum absolute atomic E-state index is 0.000421. The number of guanidine groups is 1. The van der Waals surface area contributed by atoms with E-state index in [-0.39, 0.29) is 29.9 Å². The van der Waals surface area contributed by atoms with Crippen molar-refractivity contribution in [2.75, 3.05) is 19.6 Å². The van der Waals surface area contributed by atoms with Crippen molar-refractivity contribution in [3.8, 4) is 0 Å². The average Bonchev–Trinajstić information content (AvgIpc) is 2.63. The number of carbonyl (C=O) groups is 2. The second-order valence-electron chi connectivity index (χ2n) is 7.34. The number of aliphatic imine (C=N–C) groups is 1. The Morgan fingerprint density at radius 1 is 1.18 bits per heavy atom. The van der Waals surface area contributed by atoms with Crippen LogP contribution in [0.3, 0.4) is 0 Å². The maximum atomic E-state index is 13.1. The van der Waals surface area contributed by atoms with Crippen LogP contribution in [0, 0.1) is 6.92 Å². The maximum absolute atomic E-state index is 13.1. The first-order valence-corrected chi connectivity index (χ1v) is 9.49. The molecule has 1 aliphatic rings. The molecule has 2 amide bonds. The zero-order valence-electron chi connectivity index (χ0n) is 16.3. The number of aryl methyl sites for hydroxylation is 1. The van der Waals surface area contributed by atoms with Gasteiger partial charge < -0.3 is 33.2 Å². The highest BCUT2D eigenvalue weighted by molar-refractivity contribution is 5.97. The lowest BCUT2D eigenvalue weighted by Crippen LogP contribution is -2.58. The zero-order valence-corrected chi connectivity index (χ0v) is 16.3. The van der Waals surface area contributed by atoms with Crippen LogP contribution in [0.25, 0.3) is 0 Å². The van der Waals surface area contributed by atoms with Gasteiger partial charge in [-0.15, -0.1) is 0 Å². The van der Waals surface area contributed by atoms with Gasteiger partial charge in [-0.2, -0.15) is 0 Å². The van der Waals surface area contributed by atoms with Crippen molar-refractivity contribution in [1.29, 1.82) is 0 Å². The number of nitrogens with one attached hydrogen (secondary N) is 1. The highest BCUT2D eigenvalue weighted by Gasteiger charge is 2.31. The maximum Gasteiger partial charge on any atom is 0.251 e. The van der Waals surface area contributed by atoms with Crippen LogP contribution in [0.4, 0.5) is 0 Å². The molecule has 0 saturated carbocycles. The van der Waals surface area contributed by atoms with Gasteiger partial charge in [-0.3, -0.25) is 14.6 Å². The van der Waals surface area contributed by atoms with Crippen LogP contribution in [0.5, 0.6) is 0 Å². The van der Waals surface area contributed by atoms with Crippen molar-refractivity contribution in [2.45, 2.75) is 44.3 Å². The normalized spacial score (nSPS) is 20.3. The van der Waals surface area contributed by atoms with Crippen molar-refractivity contribution < 1.29 is 9.59 Å². The van der Waals surface area contributed by atoms with Gasteiger partial charge in [0.15, 0.2) is 5.96 Å². The van der Waals surface area contributed by atoms with Gasteiger partial charge in [-0.05, 0) is 38.3 Å². The molecule has 1 fully saturated rings. The third kappa shape index (κ3) is 6.50. The zero-order chi connectivity index (χ0) is 20.7. The van der Waals surface area contributed by atoms with Crippen molar-refractivity contribution >= 4 is 17.8 Å². The summed E-state index contributed by atoms with van der Waals surface area (Å²) in [5, 5.41) is 2.84. The fourth-order valence-corrected chi connectivity index (χ4v) is 3.29. The van der Waals surface area contributed by atoms with Gasteiger partial charge in [0.05, 0.1) is 0 Å². The number of likely N-dealkylation sites (tertiary alicyclic amines) is 1. The molecule has 0 spiro atoms. The van der Waals surface area contributed by atoms with E-state index >= 15 is 0 Å².